The van der Waals surface area contributed by atoms with E-state index in [0.29, 0.717) is 18.3 Å². The number of piperidine rings is 1. The molecule has 6 nitrogen and oxygen atoms in total. The fourth-order valence-corrected chi connectivity index (χ4v) is 2.85. The average molecular weight is 299 g/mol. The summed E-state index contributed by atoms with van der Waals surface area (Å²) >= 11 is 0. The molecule has 0 spiro atoms. The molecule has 2 aliphatic heterocycles. The van der Waals surface area contributed by atoms with Gasteiger partial charge in [0.15, 0.2) is 6.10 Å². The number of benzene rings is 1. The van der Waals surface area contributed by atoms with Crippen LogP contribution in [0, 0.1) is 0 Å². The van der Waals surface area contributed by atoms with Crippen molar-refractivity contribution < 1.29 is 14.1 Å². The molecular formula is C16H17N3O3. The van der Waals surface area contributed by atoms with Gasteiger partial charge < -0.3 is 14.2 Å². The molecule has 6 heteroatoms. The molecule has 114 valence electrons. The van der Waals surface area contributed by atoms with Gasteiger partial charge in [0.1, 0.15) is 0 Å². The Morgan fingerprint density at radius 2 is 1.91 bits per heavy atom. The van der Waals surface area contributed by atoms with E-state index in [1.165, 1.54) is 0 Å². The first-order valence-electron chi connectivity index (χ1n) is 7.60. The van der Waals surface area contributed by atoms with E-state index in [-0.39, 0.29) is 17.9 Å². The van der Waals surface area contributed by atoms with E-state index in [9.17, 15) is 4.79 Å². The van der Waals surface area contributed by atoms with Crippen LogP contribution >= 0.6 is 0 Å². The second kappa shape index (κ2) is 5.53. The number of carbonyl (C=O) groups is 1. The molecule has 1 amide bonds. The van der Waals surface area contributed by atoms with E-state index in [1.807, 2.05) is 35.2 Å². The van der Waals surface area contributed by atoms with Gasteiger partial charge >= 0.3 is 0 Å². The first-order valence-corrected chi connectivity index (χ1v) is 7.60. The first-order chi connectivity index (χ1) is 10.8. The highest BCUT2D eigenvalue weighted by atomic mass is 16.6. The van der Waals surface area contributed by atoms with Gasteiger partial charge in [-0.15, -0.1) is 0 Å². The Balaban J connectivity index is 1.41. The lowest BCUT2D eigenvalue weighted by molar-refractivity contribution is -0.133. The lowest BCUT2D eigenvalue weighted by Gasteiger charge is -2.29. The maximum Gasteiger partial charge on any atom is 0.254 e. The monoisotopic (exact) mass is 299 g/mol. The zero-order chi connectivity index (χ0) is 14.9. The average Bonchev–Trinajstić information content (AvgIpc) is 3.32. The van der Waals surface area contributed by atoms with Gasteiger partial charge in [-0.2, -0.15) is 4.98 Å². The normalized spacial score (nSPS) is 21.8. The maximum absolute atomic E-state index is 11.9. The van der Waals surface area contributed by atoms with Crippen LogP contribution in [0.4, 0.5) is 0 Å². The van der Waals surface area contributed by atoms with Gasteiger partial charge in [-0.05, 0) is 12.8 Å². The number of hydrogen-bond acceptors (Lipinski definition) is 5. The summed E-state index contributed by atoms with van der Waals surface area (Å²) in [5.41, 5.74) is 0.955. The van der Waals surface area contributed by atoms with Crippen LogP contribution in [-0.2, 0) is 9.53 Å². The third-order valence-electron chi connectivity index (χ3n) is 4.24. The van der Waals surface area contributed by atoms with Gasteiger partial charge in [0.25, 0.3) is 5.91 Å². The molecule has 1 atom stereocenters. The van der Waals surface area contributed by atoms with Crippen molar-refractivity contribution in [2.75, 3.05) is 19.7 Å². The van der Waals surface area contributed by atoms with E-state index >= 15 is 0 Å². The van der Waals surface area contributed by atoms with Gasteiger partial charge in [-0.1, -0.05) is 35.5 Å². The van der Waals surface area contributed by atoms with Crippen molar-refractivity contribution >= 4 is 5.91 Å². The lowest BCUT2D eigenvalue weighted by atomic mass is 9.96. The van der Waals surface area contributed by atoms with Gasteiger partial charge in [0, 0.05) is 24.6 Å². The molecule has 1 aromatic carbocycles. The second-order valence-electron chi connectivity index (χ2n) is 5.74. The van der Waals surface area contributed by atoms with E-state index in [2.05, 4.69) is 10.1 Å². The molecule has 22 heavy (non-hydrogen) atoms. The molecule has 0 aliphatic carbocycles. The number of carbonyl (C=O) groups excluding carboxylic acids is 1. The predicted octanol–water partition coefficient (Wildman–Crippen LogP) is 1.84. The van der Waals surface area contributed by atoms with E-state index in [4.69, 9.17) is 9.26 Å². The minimum absolute atomic E-state index is 0.119. The van der Waals surface area contributed by atoms with Crippen LogP contribution in [0.25, 0.3) is 11.4 Å². The fourth-order valence-electron chi connectivity index (χ4n) is 2.85. The Bertz CT molecular complexity index is 658. The SMILES string of the molecule is O=C(C1CO1)N1CCC(c2nc(-c3ccccc3)no2)CC1. The topological polar surface area (TPSA) is 71.8 Å². The van der Waals surface area contributed by atoms with E-state index in [0.717, 1.165) is 31.5 Å². The highest BCUT2D eigenvalue weighted by Crippen LogP contribution is 2.29. The van der Waals surface area contributed by atoms with Crippen molar-refractivity contribution in [2.45, 2.75) is 24.9 Å². The van der Waals surface area contributed by atoms with Crippen LogP contribution in [-0.4, -0.2) is 46.7 Å². The van der Waals surface area contributed by atoms with Crippen molar-refractivity contribution in [3.63, 3.8) is 0 Å². The molecule has 2 saturated heterocycles. The number of aromatic nitrogens is 2. The Labute approximate surface area is 128 Å². The minimum atomic E-state index is -0.190. The van der Waals surface area contributed by atoms with Crippen molar-refractivity contribution in [2.24, 2.45) is 0 Å². The third-order valence-corrected chi connectivity index (χ3v) is 4.24. The number of amides is 1. The van der Waals surface area contributed by atoms with Crippen LogP contribution in [0.3, 0.4) is 0 Å². The summed E-state index contributed by atoms with van der Waals surface area (Å²) in [4.78, 5) is 18.3. The summed E-state index contributed by atoms with van der Waals surface area (Å²) in [5, 5.41) is 4.07. The number of rotatable bonds is 3. The van der Waals surface area contributed by atoms with Crippen LogP contribution in [0.5, 0.6) is 0 Å². The van der Waals surface area contributed by atoms with E-state index < -0.39 is 0 Å². The smallest absolute Gasteiger partial charge is 0.254 e. The molecule has 2 fully saturated rings. The number of epoxide rings is 1. The second-order valence-corrected chi connectivity index (χ2v) is 5.74. The fraction of sp³-hybridized carbons (Fsp3) is 0.438. The molecular weight excluding hydrogens is 282 g/mol. The molecule has 3 heterocycles. The molecule has 1 aromatic heterocycles. The molecule has 2 aliphatic rings. The van der Waals surface area contributed by atoms with Crippen molar-refractivity contribution in [3.05, 3.63) is 36.2 Å². The molecule has 2 aromatic rings. The molecule has 0 radical (unpaired) electrons. The minimum Gasteiger partial charge on any atom is -0.363 e. The Morgan fingerprint density at radius 1 is 1.18 bits per heavy atom. The molecule has 0 N–H and O–H groups in total. The third kappa shape index (κ3) is 2.62. The van der Waals surface area contributed by atoms with E-state index in [1.54, 1.807) is 0 Å². The standard InChI is InChI=1S/C16H17N3O3/c20-16(13-10-21-13)19-8-6-12(7-9-19)15-17-14(18-22-15)11-4-2-1-3-5-11/h1-5,12-13H,6-10H2. The summed E-state index contributed by atoms with van der Waals surface area (Å²) in [6.07, 6.45) is 1.52. The molecule has 0 saturated carbocycles. The first kappa shape index (κ1) is 13.5. The zero-order valence-electron chi connectivity index (χ0n) is 12.1. The summed E-state index contributed by atoms with van der Waals surface area (Å²) < 4.78 is 10.5. The number of nitrogens with zero attached hydrogens (tertiary/aromatic N) is 3. The van der Waals surface area contributed by atoms with Crippen molar-refractivity contribution in [3.8, 4) is 11.4 Å². The van der Waals surface area contributed by atoms with Gasteiger partial charge in [0.2, 0.25) is 11.7 Å². The summed E-state index contributed by atoms with van der Waals surface area (Å²) in [5.74, 6) is 1.65. The van der Waals surface area contributed by atoms with Crippen LogP contribution in [0.2, 0.25) is 0 Å². The van der Waals surface area contributed by atoms with Gasteiger partial charge in [0.05, 0.1) is 6.61 Å². The summed E-state index contributed by atoms with van der Waals surface area (Å²) in [6.45, 7) is 2.03. The predicted molar refractivity (Wildman–Crippen MR) is 78.0 cm³/mol. The van der Waals surface area contributed by atoms with Crippen LogP contribution < -0.4 is 0 Å². The van der Waals surface area contributed by atoms with Crippen molar-refractivity contribution in [1.82, 2.24) is 15.0 Å². The maximum atomic E-state index is 11.9. The number of ether oxygens (including phenoxy) is 1. The van der Waals surface area contributed by atoms with Crippen LogP contribution in [0.1, 0.15) is 24.7 Å². The van der Waals surface area contributed by atoms with Crippen LogP contribution in [0.15, 0.2) is 34.9 Å². The Morgan fingerprint density at radius 3 is 2.59 bits per heavy atom. The number of hydrogen-bond donors (Lipinski definition) is 0. The lowest BCUT2D eigenvalue weighted by Crippen LogP contribution is -2.40. The highest BCUT2D eigenvalue weighted by Gasteiger charge is 2.37. The zero-order valence-corrected chi connectivity index (χ0v) is 12.1. The van der Waals surface area contributed by atoms with Gasteiger partial charge in [-0.3, -0.25) is 4.79 Å². The molecule has 0 bridgehead atoms. The molecule has 4 rings (SSSR count). The highest BCUT2D eigenvalue weighted by molar-refractivity contribution is 5.83. The number of likely N-dealkylation sites (tertiary alicyclic amines) is 1. The summed E-state index contributed by atoms with van der Waals surface area (Å²) in [7, 11) is 0. The summed E-state index contributed by atoms with van der Waals surface area (Å²) in [6, 6.07) is 9.79. The largest absolute Gasteiger partial charge is 0.363 e. The Kier molecular flexibility index (Phi) is 3.38. The van der Waals surface area contributed by atoms with Gasteiger partial charge in [-0.25, -0.2) is 0 Å². The Hall–Kier alpha value is -2.21. The molecule has 1 unspecified atom stereocenters. The quantitative estimate of drug-likeness (QED) is 0.809. The van der Waals surface area contributed by atoms with Crippen molar-refractivity contribution in [1.29, 1.82) is 0 Å².